The fourth-order valence-electron chi connectivity index (χ4n) is 4.02. The van der Waals surface area contributed by atoms with Gasteiger partial charge in [0.15, 0.2) is 0 Å². The van der Waals surface area contributed by atoms with Crippen LogP contribution in [0.3, 0.4) is 0 Å². The number of ether oxygens (including phenoxy) is 2. The summed E-state index contributed by atoms with van der Waals surface area (Å²) in [4.78, 5) is 0. The third-order valence-electron chi connectivity index (χ3n) is 5.15. The molecule has 2 rings (SSSR count). The van der Waals surface area contributed by atoms with E-state index >= 15 is 0 Å². The minimum Gasteiger partial charge on any atom is -0.378 e. The Morgan fingerprint density at radius 3 is 2.62 bits per heavy atom. The van der Waals surface area contributed by atoms with Crippen molar-refractivity contribution in [2.45, 2.75) is 89.4 Å². The Labute approximate surface area is 130 Å². The van der Waals surface area contributed by atoms with Crippen molar-refractivity contribution < 1.29 is 9.47 Å². The molecule has 3 unspecified atom stereocenters. The Morgan fingerprint density at radius 1 is 1.19 bits per heavy atom. The van der Waals surface area contributed by atoms with Gasteiger partial charge < -0.3 is 9.47 Å². The van der Waals surface area contributed by atoms with E-state index in [0.29, 0.717) is 12.0 Å². The van der Waals surface area contributed by atoms with Crippen molar-refractivity contribution in [2.24, 2.45) is 11.8 Å². The second-order valence-corrected chi connectivity index (χ2v) is 6.66. The van der Waals surface area contributed by atoms with Crippen molar-refractivity contribution in [3.05, 3.63) is 0 Å². The summed E-state index contributed by atoms with van der Waals surface area (Å²) in [7, 11) is 0. The van der Waals surface area contributed by atoms with E-state index in [-0.39, 0.29) is 12.1 Å². The molecule has 2 aliphatic rings. The van der Waals surface area contributed by atoms with Crippen LogP contribution in [0, 0.1) is 5.92 Å². The molecule has 0 aromatic rings. The topological polar surface area (TPSA) is 56.5 Å². The molecule has 21 heavy (non-hydrogen) atoms. The molecule has 0 spiro atoms. The maximum Gasteiger partial charge on any atom is 0.0769 e. The number of hydrogen-bond acceptors (Lipinski definition) is 4. The van der Waals surface area contributed by atoms with Crippen LogP contribution < -0.4 is 11.3 Å². The molecule has 1 aliphatic heterocycles. The Morgan fingerprint density at radius 2 is 2.00 bits per heavy atom. The van der Waals surface area contributed by atoms with E-state index in [4.69, 9.17) is 15.3 Å². The summed E-state index contributed by atoms with van der Waals surface area (Å²) in [6.07, 6.45) is 13.4. The van der Waals surface area contributed by atoms with E-state index in [1.165, 1.54) is 57.8 Å². The summed E-state index contributed by atoms with van der Waals surface area (Å²) >= 11 is 0. The Balaban J connectivity index is 1.78. The highest BCUT2D eigenvalue weighted by atomic mass is 16.5. The van der Waals surface area contributed by atoms with Crippen molar-refractivity contribution in [1.82, 2.24) is 5.43 Å². The molecule has 0 aromatic carbocycles. The molecule has 0 amide bonds. The largest absolute Gasteiger partial charge is 0.378 e. The summed E-state index contributed by atoms with van der Waals surface area (Å²) in [6, 6.07) is 0.287. The number of nitrogens with one attached hydrogen (secondary N) is 1. The normalized spacial score (nSPS) is 26.9. The molecule has 0 bridgehead atoms. The van der Waals surface area contributed by atoms with Crippen molar-refractivity contribution >= 4 is 0 Å². The lowest BCUT2D eigenvalue weighted by molar-refractivity contribution is -0.0206. The van der Waals surface area contributed by atoms with E-state index in [0.717, 1.165) is 19.6 Å². The van der Waals surface area contributed by atoms with Crippen LogP contribution in [0.2, 0.25) is 0 Å². The molecule has 3 atom stereocenters. The van der Waals surface area contributed by atoms with E-state index in [2.05, 4.69) is 12.3 Å². The maximum atomic E-state index is 6.08. The lowest BCUT2D eigenvalue weighted by Gasteiger charge is -2.35. The third-order valence-corrected chi connectivity index (χ3v) is 5.15. The number of rotatable bonds is 9. The first kappa shape index (κ1) is 17.2. The molecule has 2 fully saturated rings. The van der Waals surface area contributed by atoms with Crippen LogP contribution in [-0.2, 0) is 9.47 Å². The van der Waals surface area contributed by atoms with Gasteiger partial charge in [-0.3, -0.25) is 11.3 Å². The summed E-state index contributed by atoms with van der Waals surface area (Å²) in [5, 5.41) is 0. The lowest BCUT2D eigenvalue weighted by Crippen LogP contribution is -2.49. The van der Waals surface area contributed by atoms with Crippen molar-refractivity contribution in [3.8, 4) is 0 Å². The molecule has 3 N–H and O–H groups in total. The molecule has 1 heterocycles. The predicted octanol–water partition coefficient (Wildman–Crippen LogP) is 3.15. The number of hydrogen-bond donors (Lipinski definition) is 2. The standard InChI is InChI=1S/C17H34N2O2/c1-2-20-17(14-8-4-3-5-9-14)16(19-18)12-6-10-15-11-7-13-21-15/h14-17,19H,2-13,18H2,1H3. The highest BCUT2D eigenvalue weighted by Crippen LogP contribution is 2.31. The second-order valence-electron chi connectivity index (χ2n) is 6.66. The smallest absolute Gasteiger partial charge is 0.0769 e. The van der Waals surface area contributed by atoms with Crippen LogP contribution in [-0.4, -0.2) is 31.5 Å². The molecular formula is C17H34N2O2. The van der Waals surface area contributed by atoms with E-state index < -0.39 is 0 Å². The van der Waals surface area contributed by atoms with Crippen molar-refractivity contribution in [2.75, 3.05) is 13.2 Å². The summed E-state index contributed by atoms with van der Waals surface area (Å²) in [5.74, 6) is 6.53. The minimum atomic E-state index is 0.282. The zero-order valence-corrected chi connectivity index (χ0v) is 13.7. The van der Waals surface area contributed by atoms with Gasteiger partial charge in [-0.1, -0.05) is 19.3 Å². The van der Waals surface area contributed by atoms with Crippen LogP contribution in [0.4, 0.5) is 0 Å². The first-order valence-electron chi connectivity index (χ1n) is 9.04. The van der Waals surface area contributed by atoms with E-state index in [1.54, 1.807) is 0 Å². The van der Waals surface area contributed by atoms with Gasteiger partial charge in [-0.05, 0) is 57.8 Å². The van der Waals surface area contributed by atoms with Gasteiger partial charge in [-0.25, -0.2) is 0 Å². The van der Waals surface area contributed by atoms with Gasteiger partial charge in [-0.15, -0.1) is 0 Å². The first-order chi connectivity index (χ1) is 10.3. The maximum absolute atomic E-state index is 6.08. The summed E-state index contributed by atoms with van der Waals surface area (Å²) in [5.41, 5.74) is 3.04. The molecule has 4 nitrogen and oxygen atoms in total. The van der Waals surface area contributed by atoms with Crippen LogP contribution in [0.1, 0.15) is 71.1 Å². The number of hydrazine groups is 1. The zero-order chi connectivity index (χ0) is 14.9. The predicted molar refractivity (Wildman–Crippen MR) is 85.9 cm³/mol. The van der Waals surface area contributed by atoms with Gasteiger partial charge in [-0.2, -0.15) is 0 Å². The Bertz CT molecular complexity index is 264. The van der Waals surface area contributed by atoms with Crippen LogP contribution in [0.25, 0.3) is 0 Å². The lowest BCUT2D eigenvalue weighted by atomic mass is 9.81. The monoisotopic (exact) mass is 298 g/mol. The van der Waals surface area contributed by atoms with Crippen LogP contribution in [0.5, 0.6) is 0 Å². The molecule has 124 valence electrons. The second kappa shape index (κ2) is 9.78. The molecule has 0 aromatic heterocycles. The first-order valence-corrected chi connectivity index (χ1v) is 9.04. The van der Waals surface area contributed by atoms with E-state index in [9.17, 15) is 0 Å². The number of nitrogens with two attached hydrogens (primary N) is 1. The quantitative estimate of drug-likeness (QED) is 0.507. The fourth-order valence-corrected chi connectivity index (χ4v) is 4.02. The van der Waals surface area contributed by atoms with Gasteiger partial charge in [0.05, 0.1) is 12.2 Å². The van der Waals surface area contributed by atoms with Gasteiger partial charge in [0.25, 0.3) is 0 Å². The summed E-state index contributed by atoms with van der Waals surface area (Å²) in [6.45, 7) is 3.83. The molecule has 4 heteroatoms. The average Bonchev–Trinajstić information content (AvgIpc) is 3.04. The van der Waals surface area contributed by atoms with Crippen molar-refractivity contribution in [1.29, 1.82) is 0 Å². The van der Waals surface area contributed by atoms with Crippen molar-refractivity contribution in [3.63, 3.8) is 0 Å². The highest BCUT2D eigenvalue weighted by Gasteiger charge is 2.30. The molecule has 1 saturated heterocycles. The van der Waals surface area contributed by atoms with Gasteiger partial charge in [0.2, 0.25) is 0 Å². The zero-order valence-electron chi connectivity index (χ0n) is 13.7. The fraction of sp³-hybridized carbons (Fsp3) is 1.00. The molecule has 1 aliphatic carbocycles. The minimum absolute atomic E-state index is 0.282. The SMILES string of the molecule is CCOC(C1CCCCC1)C(CCCC1CCCO1)NN. The molecule has 0 radical (unpaired) electrons. The van der Waals surface area contributed by atoms with Crippen LogP contribution in [0.15, 0.2) is 0 Å². The molecule has 1 saturated carbocycles. The Hall–Kier alpha value is -0.160. The van der Waals surface area contributed by atoms with Gasteiger partial charge >= 0.3 is 0 Å². The summed E-state index contributed by atoms with van der Waals surface area (Å²) < 4.78 is 11.8. The van der Waals surface area contributed by atoms with Crippen LogP contribution >= 0.6 is 0 Å². The van der Waals surface area contributed by atoms with Gasteiger partial charge in [0, 0.05) is 19.3 Å². The molecular weight excluding hydrogens is 264 g/mol. The third kappa shape index (κ3) is 5.51. The Kier molecular flexibility index (Phi) is 8.01. The highest BCUT2D eigenvalue weighted by molar-refractivity contribution is 4.84. The average molecular weight is 298 g/mol. The van der Waals surface area contributed by atoms with Gasteiger partial charge in [0.1, 0.15) is 0 Å². The van der Waals surface area contributed by atoms with E-state index in [1.807, 2.05) is 0 Å².